The smallest absolute Gasteiger partial charge is 0.308 e. The normalized spacial score (nSPS) is 17.4. The number of thioether (sulfide) groups is 1. The Bertz CT molecular complexity index is 811. The van der Waals surface area contributed by atoms with E-state index in [1.165, 1.54) is 23.9 Å². The maximum absolute atomic E-state index is 12.7. The van der Waals surface area contributed by atoms with Crippen molar-refractivity contribution in [3.63, 3.8) is 0 Å². The molecule has 138 valence electrons. The third-order valence-corrected chi connectivity index (χ3v) is 5.77. The molecule has 8 heteroatoms. The number of rotatable bonds is 2. The molecule has 1 aliphatic heterocycles. The second-order valence-electron chi connectivity index (χ2n) is 5.93. The molecule has 0 bridgehead atoms. The molecular weight excluding hydrogens is 385 g/mol. The maximum atomic E-state index is 12.7. The number of carbonyl (C=O) groups excluding carboxylic acids is 1. The van der Waals surface area contributed by atoms with Crippen LogP contribution >= 0.6 is 23.4 Å². The van der Waals surface area contributed by atoms with Crippen LogP contribution in [0, 0.1) is 6.92 Å². The lowest BCUT2D eigenvalue weighted by molar-refractivity contribution is -0.137. The summed E-state index contributed by atoms with van der Waals surface area (Å²) in [6.07, 6.45) is -4.37. The number of alkyl halides is 3. The van der Waals surface area contributed by atoms with Gasteiger partial charge in [0.05, 0.1) is 5.56 Å². The van der Waals surface area contributed by atoms with Crippen molar-refractivity contribution in [3.8, 4) is 0 Å². The van der Waals surface area contributed by atoms with E-state index in [1.807, 2.05) is 13.0 Å². The number of carbonyl (C=O) groups is 1. The minimum absolute atomic E-state index is 0.306. The Morgan fingerprint density at radius 2 is 1.92 bits per heavy atom. The highest BCUT2D eigenvalue weighted by molar-refractivity contribution is 7.99. The van der Waals surface area contributed by atoms with Crippen molar-refractivity contribution in [2.45, 2.75) is 18.5 Å². The highest BCUT2D eigenvalue weighted by Gasteiger charge is 2.33. The second kappa shape index (κ2) is 7.40. The Morgan fingerprint density at radius 3 is 2.54 bits per heavy atom. The Kier molecular flexibility index (Phi) is 5.39. The first kappa shape index (κ1) is 18.9. The molecule has 1 fully saturated rings. The molecular formula is C18H16ClF3N2OS. The fourth-order valence-corrected chi connectivity index (χ4v) is 4.09. The summed E-state index contributed by atoms with van der Waals surface area (Å²) < 4.78 is 38.1. The molecule has 2 aromatic rings. The van der Waals surface area contributed by atoms with Crippen LogP contribution in [0.1, 0.15) is 22.1 Å². The lowest BCUT2D eigenvalue weighted by atomic mass is 10.1. The van der Waals surface area contributed by atoms with Gasteiger partial charge in [0.2, 0.25) is 0 Å². The van der Waals surface area contributed by atoms with Crippen LogP contribution in [-0.2, 0) is 6.18 Å². The number of halogens is 4. The second-order valence-corrected chi connectivity index (χ2v) is 7.53. The largest absolute Gasteiger partial charge is 0.416 e. The van der Waals surface area contributed by atoms with E-state index in [9.17, 15) is 18.0 Å². The summed E-state index contributed by atoms with van der Waals surface area (Å²) >= 11 is 7.59. The van der Waals surface area contributed by atoms with E-state index in [-0.39, 0.29) is 11.4 Å². The van der Waals surface area contributed by atoms with Crippen LogP contribution in [0.4, 0.5) is 23.7 Å². The fourth-order valence-electron chi connectivity index (χ4n) is 2.66. The number of nitrogens with one attached hydrogen (secondary N) is 1. The summed E-state index contributed by atoms with van der Waals surface area (Å²) in [4.78, 5) is 14.2. The van der Waals surface area contributed by atoms with Gasteiger partial charge >= 0.3 is 12.2 Å². The van der Waals surface area contributed by atoms with Gasteiger partial charge in [-0.1, -0.05) is 29.8 Å². The zero-order valence-electron chi connectivity index (χ0n) is 13.8. The van der Waals surface area contributed by atoms with E-state index >= 15 is 0 Å². The minimum Gasteiger partial charge on any atom is -0.308 e. The molecule has 3 rings (SSSR count). The molecule has 0 unspecified atom stereocenters. The van der Waals surface area contributed by atoms with Crippen molar-refractivity contribution in [1.82, 2.24) is 4.90 Å². The third kappa shape index (κ3) is 4.10. The van der Waals surface area contributed by atoms with Gasteiger partial charge in [0.15, 0.2) is 0 Å². The molecule has 0 spiro atoms. The van der Waals surface area contributed by atoms with Gasteiger partial charge < -0.3 is 10.2 Å². The molecule has 2 amide bonds. The van der Waals surface area contributed by atoms with Crippen molar-refractivity contribution >= 4 is 35.1 Å². The Hall–Kier alpha value is -1.86. The summed E-state index contributed by atoms with van der Waals surface area (Å²) in [6.45, 7) is 2.38. The molecule has 26 heavy (non-hydrogen) atoms. The van der Waals surface area contributed by atoms with Crippen LogP contribution in [0.5, 0.6) is 0 Å². The van der Waals surface area contributed by atoms with Gasteiger partial charge in [0.25, 0.3) is 0 Å². The highest BCUT2D eigenvalue weighted by atomic mass is 35.5. The van der Waals surface area contributed by atoms with Gasteiger partial charge in [-0.25, -0.2) is 4.79 Å². The summed E-state index contributed by atoms with van der Waals surface area (Å²) in [5, 5.41) is 3.03. The number of benzene rings is 2. The lowest BCUT2D eigenvalue weighted by Gasteiger charge is -2.25. The van der Waals surface area contributed by atoms with E-state index in [0.29, 0.717) is 28.6 Å². The fraction of sp³-hybridized carbons (Fsp3) is 0.278. The number of amides is 2. The standard InChI is InChI=1S/C18H16ClF3N2OS/c1-11-2-7-14(10-15(11)19)23-17(25)24-8-9-26-16(24)12-3-5-13(6-4-12)18(20,21)22/h2-7,10,16H,8-9H2,1H3,(H,23,25)/t16-/m1/s1. The summed E-state index contributed by atoms with van der Waals surface area (Å²) in [5.41, 5.74) is 1.45. The van der Waals surface area contributed by atoms with Crippen molar-refractivity contribution in [2.24, 2.45) is 0 Å². The van der Waals surface area contributed by atoms with Gasteiger partial charge in [-0.3, -0.25) is 0 Å². The topological polar surface area (TPSA) is 32.3 Å². The number of anilines is 1. The van der Waals surface area contributed by atoms with Crippen LogP contribution < -0.4 is 5.32 Å². The van der Waals surface area contributed by atoms with Gasteiger partial charge in [0.1, 0.15) is 5.37 Å². The van der Waals surface area contributed by atoms with Gasteiger partial charge in [-0.15, -0.1) is 11.8 Å². The van der Waals surface area contributed by atoms with E-state index in [2.05, 4.69) is 5.32 Å². The minimum atomic E-state index is -4.37. The molecule has 1 heterocycles. The SMILES string of the molecule is Cc1ccc(NC(=O)N2CCS[C@@H]2c2ccc(C(F)(F)F)cc2)cc1Cl. The predicted octanol–water partition coefficient (Wildman–Crippen LogP) is 5.95. The third-order valence-electron chi connectivity index (χ3n) is 4.10. The molecule has 1 aliphatic rings. The van der Waals surface area contributed by atoms with E-state index in [0.717, 1.165) is 17.7 Å². The Morgan fingerprint density at radius 1 is 1.23 bits per heavy atom. The summed E-state index contributed by atoms with van der Waals surface area (Å²) in [7, 11) is 0. The molecule has 1 N–H and O–H groups in total. The molecule has 2 aromatic carbocycles. The summed E-state index contributed by atoms with van der Waals surface area (Å²) in [5.74, 6) is 0.716. The van der Waals surface area contributed by atoms with Gasteiger partial charge in [-0.05, 0) is 42.3 Å². The molecule has 0 radical (unpaired) electrons. The number of urea groups is 1. The van der Waals surface area contributed by atoms with Crippen LogP contribution in [0.2, 0.25) is 5.02 Å². The molecule has 3 nitrogen and oxygen atoms in total. The van der Waals surface area contributed by atoms with E-state index < -0.39 is 11.7 Å². The van der Waals surface area contributed by atoms with Gasteiger partial charge in [0, 0.05) is 23.0 Å². The van der Waals surface area contributed by atoms with E-state index in [4.69, 9.17) is 11.6 Å². The Balaban J connectivity index is 1.75. The first-order chi connectivity index (χ1) is 12.3. The molecule has 1 atom stereocenters. The maximum Gasteiger partial charge on any atom is 0.416 e. The highest BCUT2D eigenvalue weighted by Crippen LogP contribution is 2.39. The summed E-state index contributed by atoms with van der Waals surface area (Å²) in [6, 6.07) is 9.88. The quantitative estimate of drug-likeness (QED) is 0.675. The lowest BCUT2D eigenvalue weighted by Crippen LogP contribution is -2.34. The molecule has 0 aliphatic carbocycles. The molecule has 0 aromatic heterocycles. The number of nitrogens with zero attached hydrogens (tertiary/aromatic N) is 1. The first-order valence-corrected chi connectivity index (χ1v) is 9.31. The van der Waals surface area contributed by atoms with E-state index in [1.54, 1.807) is 17.0 Å². The number of hydrogen-bond acceptors (Lipinski definition) is 2. The van der Waals surface area contributed by atoms with Gasteiger partial charge in [-0.2, -0.15) is 13.2 Å². The van der Waals surface area contributed by atoms with Crippen LogP contribution in [-0.4, -0.2) is 23.2 Å². The zero-order chi connectivity index (χ0) is 18.9. The zero-order valence-corrected chi connectivity index (χ0v) is 15.4. The number of hydrogen-bond donors (Lipinski definition) is 1. The van der Waals surface area contributed by atoms with Crippen molar-refractivity contribution in [1.29, 1.82) is 0 Å². The molecule has 1 saturated heterocycles. The van der Waals surface area contributed by atoms with Crippen molar-refractivity contribution in [2.75, 3.05) is 17.6 Å². The van der Waals surface area contributed by atoms with Crippen LogP contribution in [0.25, 0.3) is 0 Å². The predicted molar refractivity (Wildman–Crippen MR) is 98.6 cm³/mol. The monoisotopic (exact) mass is 400 g/mol. The van der Waals surface area contributed by atoms with Crippen LogP contribution in [0.3, 0.4) is 0 Å². The Labute approximate surface area is 158 Å². The van der Waals surface area contributed by atoms with Crippen molar-refractivity contribution < 1.29 is 18.0 Å². The van der Waals surface area contributed by atoms with Crippen molar-refractivity contribution in [3.05, 3.63) is 64.2 Å². The molecule has 0 saturated carbocycles. The van der Waals surface area contributed by atoms with Crippen LogP contribution in [0.15, 0.2) is 42.5 Å². The average Bonchev–Trinajstić information content (AvgIpc) is 3.07. The number of aryl methyl sites for hydroxylation is 1. The first-order valence-electron chi connectivity index (χ1n) is 7.88. The average molecular weight is 401 g/mol.